The third-order valence-electron chi connectivity index (χ3n) is 2.10. The zero-order valence-corrected chi connectivity index (χ0v) is 9.37. The van der Waals surface area contributed by atoms with Crippen molar-refractivity contribution < 1.29 is 28.2 Å². The van der Waals surface area contributed by atoms with Crippen LogP contribution in [-0.2, 0) is 9.53 Å². The van der Waals surface area contributed by atoms with Gasteiger partial charge in [-0.15, -0.1) is 0 Å². The first-order chi connectivity index (χ1) is 8.02. The van der Waals surface area contributed by atoms with E-state index in [1.807, 2.05) is 0 Å². The largest absolute Gasteiger partial charge is 0.494 e. The molecule has 0 aliphatic heterocycles. The average Bonchev–Trinajstić information content (AvgIpc) is 2.32. The summed E-state index contributed by atoms with van der Waals surface area (Å²) in [5, 5.41) is 9.47. The summed E-state index contributed by atoms with van der Waals surface area (Å²) in [6.07, 6.45) is -1.85. The Morgan fingerprint density at radius 1 is 1.41 bits per heavy atom. The van der Waals surface area contributed by atoms with Crippen molar-refractivity contribution in [3.05, 3.63) is 29.3 Å². The Hall–Kier alpha value is -1.69. The van der Waals surface area contributed by atoms with E-state index in [0.717, 1.165) is 12.1 Å². The van der Waals surface area contributed by atoms with Crippen LogP contribution in [0.5, 0.6) is 5.75 Å². The van der Waals surface area contributed by atoms with Crippen LogP contribution in [0.2, 0.25) is 0 Å². The molecule has 1 N–H and O–H groups in total. The molecule has 0 fully saturated rings. The predicted molar refractivity (Wildman–Crippen MR) is 54.5 cm³/mol. The van der Waals surface area contributed by atoms with Crippen molar-refractivity contribution in [2.45, 2.75) is 13.0 Å². The topological polar surface area (TPSA) is 55.8 Å². The minimum absolute atomic E-state index is 0.0378. The summed E-state index contributed by atoms with van der Waals surface area (Å²) in [7, 11) is 1.18. The molecule has 0 aliphatic rings. The number of aliphatic hydroxyl groups is 1. The number of halogens is 2. The lowest BCUT2D eigenvalue weighted by Gasteiger charge is -2.12. The first kappa shape index (κ1) is 13.4. The van der Waals surface area contributed by atoms with Gasteiger partial charge >= 0.3 is 5.97 Å². The fraction of sp³-hybridized carbons (Fsp3) is 0.364. The third kappa shape index (κ3) is 2.71. The molecule has 17 heavy (non-hydrogen) atoms. The molecular weight excluding hydrogens is 234 g/mol. The zero-order chi connectivity index (χ0) is 13.0. The van der Waals surface area contributed by atoms with Crippen LogP contribution in [-0.4, -0.2) is 24.8 Å². The molecule has 1 atom stereocenters. The summed E-state index contributed by atoms with van der Waals surface area (Å²) in [6.45, 7) is 1.58. The molecule has 94 valence electrons. The van der Waals surface area contributed by atoms with Crippen molar-refractivity contribution in [3.8, 4) is 5.75 Å². The number of hydrogen-bond donors (Lipinski definition) is 1. The van der Waals surface area contributed by atoms with Gasteiger partial charge in [-0.3, -0.25) is 0 Å². The van der Waals surface area contributed by atoms with Crippen LogP contribution in [0.15, 0.2) is 12.1 Å². The minimum Gasteiger partial charge on any atom is -0.494 e. The van der Waals surface area contributed by atoms with Crippen molar-refractivity contribution in [2.24, 2.45) is 0 Å². The molecule has 0 aliphatic carbocycles. The molecule has 0 saturated carbocycles. The summed E-state index contributed by atoms with van der Waals surface area (Å²) in [6, 6.07) is 2.19. The van der Waals surface area contributed by atoms with Crippen LogP contribution in [0.1, 0.15) is 18.6 Å². The van der Waals surface area contributed by atoms with Crippen molar-refractivity contribution in [1.29, 1.82) is 0 Å². The van der Waals surface area contributed by atoms with Gasteiger partial charge in [0.15, 0.2) is 17.7 Å². The highest BCUT2D eigenvalue weighted by Crippen LogP contribution is 2.26. The molecule has 4 nitrogen and oxygen atoms in total. The molecule has 1 rings (SSSR count). The molecule has 1 aromatic carbocycles. The van der Waals surface area contributed by atoms with Crippen LogP contribution in [0.25, 0.3) is 0 Å². The molecule has 0 bridgehead atoms. The summed E-state index contributed by atoms with van der Waals surface area (Å²) in [5.74, 6) is -3.92. The first-order valence-corrected chi connectivity index (χ1v) is 4.89. The number of hydrogen-bond acceptors (Lipinski definition) is 4. The molecule has 0 radical (unpaired) electrons. The van der Waals surface area contributed by atoms with Crippen LogP contribution in [0.4, 0.5) is 8.78 Å². The Labute approximate surface area is 96.8 Å². The van der Waals surface area contributed by atoms with E-state index >= 15 is 0 Å². The van der Waals surface area contributed by atoms with E-state index in [2.05, 4.69) is 9.47 Å². The Morgan fingerprint density at radius 3 is 2.59 bits per heavy atom. The normalized spacial score (nSPS) is 12.1. The summed E-state index contributed by atoms with van der Waals surface area (Å²) in [5.41, 5.74) is -0.484. The van der Waals surface area contributed by atoms with E-state index in [0.29, 0.717) is 0 Å². The van der Waals surface area contributed by atoms with Crippen LogP contribution in [0, 0.1) is 11.6 Å². The number of methoxy groups -OCH3 is 1. The highest BCUT2D eigenvalue weighted by atomic mass is 19.2. The van der Waals surface area contributed by atoms with Gasteiger partial charge in [-0.05, 0) is 19.1 Å². The summed E-state index contributed by atoms with van der Waals surface area (Å²) < 4.78 is 35.8. The summed E-state index contributed by atoms with van der Waals surface area (Å²) in [4.78, 5) is 11.2. The summed E-state index contributed by atoms with van der Waals surface area (Å²) >= 11 is 0. The number of aliphatic hydroxyl groups excluding tert-OH is 1. The van der Waals surface area contributed by atoms with Crippen LogP contribution >= 0.6 is 0 Å². The van der Waals surface area contributed by atoms with E-state index in [-0.39, 0.29) is 12.4 Å². The number of ether oxygens (including phenoxy) is 2. The maximum atomic E-state index is 13.5. The molecular formula is C11H12F2O4. The van der Waals surface area contributed by atoms with Crippen molar-refractivity contribution >= 4 is 5.97 Å². The lowest BCUT2D eigenvalue weighted by Crippen LogP contribution is -2.17. The monoisotopic (exact) mass is 246 g/mol. The van der Waals surface area contributed by atoms with Gasteiger partial charge in [0.1, 0.15) is 0 Å². The molecule has 0 heterocycles. The number of esters is 1. The first-order valence-electron chi connectivity index (χ1n) is 4.89. The second kappa shape index (κ2) is 5.58. The zero-order valence-electron chi connectivity index (χ0n) is 9.37. The van der Waals surface area contributed by atoms with E-state index in [4.69, 9.17) is 0 Å². The maximum Gasteiger partial charge on any atom is 0.339 e. The number of benzene rings is 1. The quantitative estimate of drug-likeness (QED) is 0.819. The average molecular weight is 246 g/mol. The molecule has 0 saturated heterocycles. The van der Waals surface area contributed by atoms with Crippen LogP contribution in [0.3, 0.4) is 0 Å². The van der Waals surface area contributed by atoms with Gasteiger partial charge < -0.3 is 14.6 Å². The van der Waals surface area contributed by atoms with Crippen LogP contribution < -0.4 is 4.74 Å². The van der Waals surface area contributed by atoms with Crippen molar-refractivity contribution in [3.63, 3.8) is 0 Å². The van der Waals surface area contributed by atoms with Gasteiger partial charge in [0, 0.05) is 5.56 Å². The molecule has 1 unspecified atom stereocenters. The lowest BCUT2D eigenvalue weighted by atomic mass is 10.1. The smallest absolute Gasteiger partial charge is 0.339 e. The van der Waals surface area contributed by atoms with Gasteiger partial charge in [-0.2, -0.15) is 4.39 Å². The number of carbonyl (C=O) groups excluding carboxylic acids is 1. The van der Waals surface area contributed by atoms with Gasteiger partial charge in [0.05, 0.1) is 13.7 Å². The van der Waals surface area contributed by atoms with Gasteiger partial charge in [0.2, 0.25) is 5.82 Å². The SMILES string of the molecule is CCOC(=O)C(O)c1ccc(OC)c(F)c1F. The predicted octanol–water partition coefficient (Wildman–Crippen LogP) is 1.57. The number of carbonyl (C=O) groups is 1. The van der Waals surface area contributed by atoms with E-state index < -0.39 is 29.3 Å². The van der Waals surface area contributed by atoms with Crippen molar-refractivity contribution in [1.82, 2.24) is 0 Å². The standard InChI is InChI=1S/C11H12F2O4/c1-3-17-11(15)10(14)6-4-5-7(16-2)9(13)8(6)12/h4-5,10,14H,3H2,1-2H3. The molecule has 0 aromatic heterocycles. The second-order valence-electron chi connectivity index (χ2n) is 3.14. The van der Waals surface area contributed by atoms with E-state index in [9.17, 15) is 18.7 Å². The highest BCUT2D eigenvalue weighted by Gasteiger charge is 2.25. The fourth-order valence-electron chi connectivity index (χ4n) is 1.26. The van der Waals surface area contributed by atoms with E-state index in [1.54, 1.807) is 0 Å². The minimum atomic E-state index is -1.85. The molecule has 0 spiro atoms. The molecule has 1 aromatic rings. The van der Waals surface area contributed by atoms with Gasteiger partial charge in [0.25, 0.3) is 0 Å². The van der Waals surface area contributed by atoms with Gasteiger partial charge in [-0.1, -0.05) is 0 Å². The van der Waals surface area contributed by atoms with Gasteiger partial charge in [-0.25, -0.2) is 9.18 Å². The second-order valence-corrected chi connectivity index (χ2v) is 3.14. The Balaban J connectivity index is 3.07. The fourth-order valence-corrected chi connectivity index (χ4v) is 1.26. The Morgan fingerprint density at radius 2 is 2.06 bits per heavy atom. The van der Waals surface area contributed by atoms with Crippen molar-refractivity contribution in [2.75, 3.05) is 13.7 Å². The highest BCUT2D eigenvalue weighted by molar-refractivity contribution is 5.76. The maximum absolute atomic E-state index is 13.5. The Bertz CT molecular complexity index is 420. The third-order valence-corrected chi connectivity index (χ3v) is 2.10. The molecule has 0 amide bonds. The molecule has 6 heteroatoms. The van der Waals surface area contributed by atoms with E-state index in [1.165, 1.54) is 14.0 Å². The lowest BCUT2D eigenvalue weighted by molar-refractivity contribution is -0.153. The Kier molecular flexibility index (Phi) is 4.39. The number of rotatable bonds is 4.